The first kappa shape index (κ1) is 16.0. The highest BCUT2D eigenvalue weighted by molar-refractivity contribution is 5.89. The van der Waals surface area contributed by atoms with Gasteiger partial charge in [0, 0.05) is 11.5 Å². The predicted molar refractivity (Wildman–Crippen MR) is 94.2 cm³/mol. The molecule has 1 unspecified atom stereocenters. The van der Waals surface area contributed by atoms with Crippen molar-refractivity contribution in [3.05, 3.63) is 82.1 Å². The Balaban J connectivity index is 2.18. The number of carbonyl (C=O) groups excluding carboxylic acids is 1. The molecule has 0 aliphatic rings. The molecule has 24 heavy (non-hydrogen) atoms. The van der Waals surface area contributed by atoms with E-state index in [1.807, 2.05) is 54.6 Å². The van der Waals surface area contributed by atoms with Gasteiger partial charge < -0.3 is 9.30 Å². The monoisotopic (exact) mass is 321 g/mol. The van der Waals surface area contributed by atoms with Crippen LogP contribution in [0.25, 0.3) is 10.9 Å². The van der Waals surface area contributed by atoms with Crippen molar-refractivity contribution in [2.24, 2.45) is 0 Å². The van der Waals surface area contributed by atoms with Gasteiger partial charge in [0.15, 0.2) is 0 Å². The van der Waals surface area contributed by atoms with Crippen LogP contribution in [0.5, 0.6) is 0 Å². The fraction of sp³-hybridized carbons (Fsp3) is 0.200. The Morgan fingerprint density at radius 3 is 2.46 bits per heavy atom. The first-order chi connectivity index (χ1) is 11.6. The van der Waals surface area contributed by atoms with Gasteiger partial charge in [0.25, 0.3) is 5.56 Å². The molecule has 4 nitrogen and oxygen atoms in total. The van der Waals surface area contributed by atoms with Crippen molar-refractivity contribution in [1.29, 1.82) is 0 Å². The molecule has 0 fully saturated rings. The maximum Gasteiger partial charge on any atom is 0.312 e. The second kappa shape index (κ2) is 6.71. The summed E-state index contributed by atoms with van der Waals surface area (Å²) in [5.74, 6) is -0.834. The molecule has 0 radical (unpaired) electrons. The van der Waals surface area contributed by atoms with Crippen LogP contribution in [0.15, 0.2) is 65.5 Å². The van der Waals surface area contributed by atoms with E-state index in [-0.39, 0.29) is 11.5 Å². The molecule has 122 valence electrons. The summed E-state index contributed by atoms with van der Waals surface area (Å²) >= 11 is 0. The van der Waals surface area contributed by atoms with Gasteiger partial charge in [-0.25, -0.2) is 0 Å². The summed E-state index contributed by atoms with van der Waals surface area (Å²) in [6.45, 7) is 2.25. The van der Waals surface area contributed by atoms with E-state index in [4.69, 9.17) is 4.74 Å². The van der Waals surface area contributed by atoms with Crippen molar-refractivity contribution in [3.63, 3.8) is 0 Å². The first-order valence-corrected chi connectivity index (χ1v) is 7.86. The standard InChI is InChI=1S/C20H19NO3/c1-14(20(23)24-2)17-12-19(22)21(13-15-8-4-3-5-9-15)18-11-7-6-10-16(17)18/h3-12,14H,13H2,1-2H3. The van der Waals surface area contributed by atoms with Crippen LogP contribution in [0.3, 0.4) is 0 Å². The number of esters is 1. The number of carbonyl (C=O) groups is 1. The number of rotatable bonds is 4. The largest absolute Gasteiger partial charge is 0.469 e. The molecule has 0 N–H and O–H groups in total. The smallest absolute Gasteiger partial charge is 0.312 e. The van der Waals surface area contributed by atoms with Gasteiger partial charge in [-0.1, -0.05) is 48.5 Å². The summed E-state index contributed by atoms with van der Waals surface area (Å²) in [5.41, 5.74) is 2.45. The third-order valence-electron chi connectivity index (χ3n) is 4.26. The van der Waals surface area contributed by atoms with Crippen LogP contribution < -0.4 is 5.56 Å². The molecule has 2 aromatic carbocycles. The van der Waals surface area contributed by atoms with E-state index in [9.17, 15) is 9.59 Å². The highest BCUT2D eigenvalue weighted by atomic mass is 16.5. The van der Waals surface area contributed by atoms with E-state index in [1.165, 1.54) is 7.11 Å². The number of para-hydroxylation sites is 1. The Bertz CT molecular complexity index is 929. The Morgan fingerprint density at radius 1 is 1.08 bits per heavy atom. The van der Waals surface area contributed by atoms with Crippen LogP contribution in [0.2, 0.25) is 0 Å². The van der Waals surface area contributed by atoms with Crippen LogP contribution in [0, 0.1) is 0 Å². The minimum Gasteiger partial charge on any atom is -0.469 e. The van der Waals surface area contributed by atoms with E-state index in [0.29, 0.717) is 12.1 Å². The Morgan fingerprint density at radius 2 is 1.75 bits per heavy atom. The zero-order chi connectivity index (χ0) is 17.1. The molecule has 0 aliphatic heterocycles. The molecule has 0 amide bonds. The van der Waals surface area contributed by atoms with Gasteiger partial charge in [-0.05, 0) is 24.1 Å². The van der Waals surface area contributed by atoms with Crippen molar-refractivity contribution in [1.82, 2.24) is 4.57 Å². The predicted octanol–water partition coefficient (Wildman–Crippen LogP) is 3.33. The topological polar surface area (TPSA) is 48.3 Å². The summed E-state index contributed by atoms with van der Waals surface area (Å²) in [5, 5.41) is 0.894. The van der Waals surface area contributed by atoms with Crippen LogP contribution in [-0.4, -0.2) is 17.6 Å². The molecule has 4 heteroatoms. The SMILES string of the molecule is COC(=O)C(C)c1cc(=O)n(Cc2ccccc2)c2ccccc12. The number of fused-ring (bicyclic) bond motifs is 1. The Kier molecular flexibility index (Phi) is 4.47. The van der Waals surface area contributed by atoms with Crippen molar-refractivity contribution >= 4 is 16.9 Å². The second-order valence-electron chi connectivity index (χ2n) is 5.77. The molecule has 3 rings (SSSR count). The number of nitrogens with zero attached hydrogens (tertiary/aromatic N) is 1. The number of benzene rings is 2. The van der Waals surface area contributed by atoms with E-state index in [2.05, 4.69) is 0 Å². The maximum absolute atomic E-state index is 12.7. The van der Waals surface area contributed by atoms with Crippen LogP contribution in [-0.2, 0) is 16.1 Å². The maximum atomic E-state index is 12.7. The van der Waals surface area contributed by atoms with Gasteiger partial charge in [0.05, 0.1) is 25.1 Å². The molecular formula is C20H19NO3. The third-order valence-corrected chi connectivity index (χ3v) is 4.26. The van der Waals surface area contributed by atoms with Gasteiger partial charge in [0.1, 0.15) is 0 Å². The lowest BCUT2D eigenvalue weighted by Crippen LogP contribution is -2.23. The summed E-state index contributed by atoms with van der Waals surface area (Å²) in [6, 6.07) is 19.0. The van der Waals surface area contributed by atoms with Crippen molar-refractivity contribution in [2.75, 3.05) is 7.11 Å². The molecule has 0 saturated carbocycles. The molecule has 0 spiro atoms. The van der Waals surface area contributed by atoms with Crippen molar-refractivity contribution in [2.45, 2.75) is 19.4 Å². The van der Waals surface area contributed by atoms with Gasteiger partial charge in [-0.15, -0.1) is 0 Å². The number of hydrogen-bond acceptors (Lipinski definition) is 3. The minimum atomic E-state index is -0.487. The summed E-state index contributed by atoms with van der Waals surface area (Å²) in [6.07, 6.45) is 0. The highest BCUT2D eigenvalue weighted by Gasteiger charge is 2.20. The lowest BCUT2D eigenvalue weighted by Gasteiger charge is -2.16. The fourth-order valence-corrected chi connectivity index (χ4v) is 2.95. The van der Waals surface area contributed by atoms with E-state index < -0.39 is 5.92 Å². The Labute approximate surface area is 140 Å². The molecule has 3 aromatic rings. The number of hydrogen-bond donors (Lipinski definition) is 0. The molecule has 1 heterocycles. The molecule has 0 bridgehead atoms. The number of aromatic nitrogens is 1. The van der Waals surface area contributed by atoms with Crippen LogP contribution in [0.1, 0.15) is 24.0 Å². The lowest BCUT2D eigenvalue weighted by atomic mass is 9.97. The quantitative estimate of drug-likeness (QED) is 0.693. The van der Waals surface area contributed by atoms with E-state index in [0.717, 1.165) is 16.5 Å². The Hall–Kier alpha value is -2.88. The van der Waals surface area contributed by atoms with Gasteiger partial charge >= 0.3 is 5.97 Å². The van der Waals surface area contributed by atoms with Crippen LogP contribution >= 0.6 is 0 Å². The first-order valence-electron chi connectivity index (χ1n) is 7.86. The van der Waals surface area contributed by atoms with E-state index in [1.54, 1.807) is 17.6 Å². The molecule has 0 saturated heterocycles. The average molecular weight is 321 g/mol. The van der Waals surface area contributed by atoms with Crippen molar-refractivity contribution < 1.29 is 9.53 Å². The fourth-order valence-electron chi connectivity index (χ4n) is 2.95. The minimum absolute atomic E-state index is 0.122. The highest BCUT2D eigenvalue weighted by Crippen LogP contribution is 2.25. The molecule has 1 aromatic heterocycles. The zero-order valence-corrected chi connectivity index (χ0v) is 13.7. The zero-order valence-electron chi connectivity index (χ0n) is 13.7. The van der Waals surface area contributed by atoms with E-state index >= 15 is 0 Å². The summed E-state index contributed by atoms with van der Waals surface area (Å²) in [7, 11) is 1.36. The summed E-state index contributed by atoms with van der Waals surface area (Å²) in [4.78, 5) is 24.6. The number of ether oxygens (including phenoxy) is 1. The number of pyridine rings is 1. The summed E-state index contributed by atoms with van der Waals surface area (Å²) < 4.78 is 6.57. The van der Waals surface area contributed by atoms with Gasteiger partial charge in [0.2, 0.25) is 0 Å². The van der Waals surface area contributed by atoms with Gasteiger partial charge in [-0.3, -0.25) is 9.59 Å². The van der Waals surface area contributed by atoms with Gasteiger partial charge in [-0.2, -0.15) is 0 Å². The average Bonchev–Trinajstić information content (AvgIpc) is 2.63. The molecular weight excluding hydrogens is 302 g/mol. The normalized spacial score (nSPS) is 12.1. The third kappa shape index (κ3) is 2.95. The second-order valence-corrected chi connectivity index (χ2v) is 5.77. The number of methoxy groups -OCH3 is 1. The van der Waals surface area contributed by atoms with Crippen LogP contribution in [0.4, 0.5) is 0 Å². The molecule has 0 aliphatic carbocycles. The molecule has 1 atom stereocenters. The lowest BCUT2D eigenvalue weighted by molar-refractivity contribution is -0.141. The van der Waals surface area contributed by atoms with Crippen molar-refractivity contribution in [3.8, 4) is 0 Å².